The van der Waals surface area contributed by atoms with Crippen molar-refractivity contribution in [2.45, 2.75) is 18.5 Å². The molecule has 8 heteroatoms. The zero-order valence-electron chi connectivity index (χ0n) is 16.9. The minimum atomic E-state index is -0.0467. The molecule has 0 radical (unpaired) electrons. The van der Waals surface area contributed by atoms with Gasteiger partial charge in [-0.1, -0.05) is 12.1 Å². The van der Waals surface area contributed by atoms with Crippen LogP contribution >= 0.6 is 0 Å². The molecule has 152 valence electrons. The molecule has 0 saturated heterocycles. The first-order chi connectivity index (χ1) is 14.2. The molecule has 0 aliphatic carbocycles. The molecular weight excluding hydrogens is 372 g/mol. The van der Waals surface area contributed by atoms with Crippen LogP contribution in [0.2, 0.25) is 0 Å². The molecule has 1 aliphatic heterocycles. The number of benzene rings is 2. The Bertz CT molecular complexity index is 962. The molecule has 2 atom stereocenters. The van der Waals surface area contributed by atoms with Gasteiger partial charge in [0.1, 0.15) is 12.1 Å². The van der Waals surface area contributed by atoms with Crippen molar-refractivity contribution >= 4 is 5.95 Å². The third-order valence-corrected chi connectivity index (χ3v) is 5.22. The predicted molar refractivity (Wildman–Crippen MR) is 108 cm³/mol. The van der Waals surface area contributed by atoms with Gasteiger partial charge in [-0.2, -0.15) is 10.1 Å². The van der Waals surface area contributed by atoms with Crippen LogP contribution in [-0.4, -0.2) is 43.2 Å². The molecule has 2 heterocycles. The second-order valence-electron chi connectivity index (χ2n) is 6.71. The van der Waals surface area contributed by atoms with Crippen LogP contribution < -0.4 is 24.3 Å². The van der Waals surface area contributed by atoms with Crippen molar-refractivity contribution in [1.82, 2.24) is 14.8 Å². The van der Waals surface area contributed by atoms with Crippen molar-refractivity contribution in [1.29, 1.82) is 0 Å². The fourth-order valence-corrected chi connectivity index (χ4v) is 3.75. The van der Waals surface area contributed by atoms with Crippen molar-refractivity contribution in [2.75, 3.05) is 33.8 Å². The molecule has 0 bridgehead atoms. The molecular formula is C21H24N4O4. The second kappa shape index (κ2) is 7.90. The summed E-state index contributed by atoms with van der Waals surface area (Å²) in [7, 11) is 6.49. The molecule has 2 unspecified atom stereocenters. The Labute approximate surface area is 169 Å². The van der Waals surface area contributed by atoms with E-state index in [4.69, 9.17) is 18.9 Å². The highest BCUT2D eigenvalue weighted by molar-refractivity contribution is 5.55. The molecule has 1 aromatic heterocycles. The standard InChI is InChI=1S/C21H24N4O4/c1-26-15-7-5-13(6-8-15)16-11-17(25-21(24-16)22-12-23-25)14-9-18(27-2)20(29-4)19(10-14)28-3/h5-10,12,16-17H,11H2,1-4H3,(H,22,23,24). The lowest BCUT2D eigenvalue weighted by atomic mass is 9.93. The first kappa shape index (κ1) is 18.9. The number of nitrogens with one attached hydrogen (secondary N) is 1. The van der Waals surface area contributed by atoms with Gasteiger partial charge < -0.3 is 24.3 Å². The van der Waals surface area contributed by atoms with Crippen LogP contribution in [0.1, 0.15) is 29.6 Å². The van der Waals surface area contributed by atoms with Gasteiger partial charge in [0, 0.05) is 0 Å². The summed E-state index contributed by atoms with van der Waals surface area (Å²) < 4.78 is 23.7. The van der Waals surface area contributed by atoms with Gasteiger partial charge in [0.15, 0.2) is 11.5 Å². The minimum Gasteiger partial charge on any atom is -0.497 e. The number of fused-ring (bicyclic) bond motifs is 1. The van der Waals surface area contributed by atoms with Crippen LogP contribution in [0, 0.1) is 0 Å². The second-order valence-corrected chi connectivity index (χ2v) is 6.71. The van der Waals surface area contributed by atoms with Gasteiger partial charge in [-0.25, -0.2) is 4.68 Å². The third kappa shape index (κ3) is 3.41. The summed E-state index contributed by atoms with van der Waals surface area (Å²) in [5, 5.41) is 7.91. The number of rotatable bonds is 6. The third-order valence-electron chi connectivity index (χ3n) is 5.22. The molecule has 3 aromatic rings. The fraction of sp³-hybridized carbons (Fsp3) is 0.333. The van der Waals surface area contributed by atoms with E-state index in [1.165, 1.54) is 0 Å². The van der Waals surface area contributed by atoms with Crippen LogP contribution in [-0.2, 0) is 0 Å². The molecule has 1 aliphatic rings. The molecule has 0 spiro atoms. The van der Waals surface area contributed by atoms with Crippen LogP contribution in [0.15, 0.2) is 42.7 Å². The van der Waals surface area contributed by atoms with E-state index in [-0.39, 0.29) is 12.1 Å². The van der Waals surface area contributed by atoms with Crippen molar-refractivity contribution in [3.63, 3.8) is 0 Å². The number of ether oxygens (including phenoxy) is 4. The summed E-state index contributed by atoms with van der Waals surface area (Å²) in [4.78, 5) is 4.39. The van der Waals surface area contributed by atoms with Crippen molar-refractivity contribution in [3.05, 3.63) is 53.9 Å². The van der Waals surface area contributed by atoms with Crippen molar-refractivity contribution < 1.29 is 18.9 Å². The molecule has 0 fully saturated rings. The average molecular weight is 396 g/mol. The summed E-state index contributed by atoms with van der Waals surface area (Å²) >= 11 is 0. The summed E-state index contributed by atoms with van der Waals surface area (Å²) in [6.45, 7) is 0. The predicted octanol–water partition coefficient (Wildman–Crippen LogP) is 3.46. The summed E-state index contributed by atoms with van der Waals surface area (Å²) in [5.74, 6) is 3.34. The van der Waals surface area contributed by atoms with E-state index in [1.807, 2.05) is 28.9 Å². The molecule has 8 nitrogen and oxygen atoms in total. The first-order valence-electron chi connectivity index (χ1n) is 9.28. The van der Waals surface area contributed by atoms with Gasteiger partial charge in [-0.15, -0.1) is 0 Å². The van der Waals surface area contributed by atoms with E-state index >= 15 is 0 Å². The number of anilines is 1. The smallest absolute Gasteiger partial charge is 0.222 e. The maximum absolute atomic E-state index is 5.54. The highest BCUT2D eigenvalue weighted by Gasteiger charge is 2.31. The van der Waals surface area contributed by atoms with Crippen molar-refractivity contribution in [3.8, 4) is 23.0 Å². The van der Waals surface area contributed by atoms with E-state index in [0.717, 1.165) is 29.2 Å². The lowest BCUT2D eigenvalue weighted by molar-refractivity contribution is 0.322. The van der Waals surface area contributed by atoms with E-state index < -0.39 is 0 Å². The number of hydrogen-bond donors (Lipinski definition) is 1. The number of nitrogens with zero attached hydrogens (tertiary/aromatic N) is 3. The summed E-state index contributed by atoms with van der Waals surface area (Å²) in [6.07, 6.45) is 2.34. The van der Waals surface area contributed by atoms with E-state index in [2.05, 4.69) is 27.5 Å². The highest BCUT2D eigenvalue weighted by Crippen LogP contribution is 2.44. The Hall–Kier alpha value is -3.42. The zero-order valence-corrected chi connectivity index (χ0v) is 16.9. The van der Waals surface area contributed by atoms with Gasteiger partial charge in [0.2, 0.25) is 11.7 Å². The largest absolute Gasteiger partial charge is 0.497 e. The number of hydrogen-bond acceptors (Lipinski definition) is 7. The van der Waals surface area contributed by atoms with Crippen LogP contribution in [0.3, 0.4) is 0 Å². The van der Waals surface area contributed by atoms with E-state index in [0.29, 0.717) is 17.2 Å². The normalized spacial score (nSPS) is 17.8. The minimum absolute atomic E-state index is 0.0467. The number of methoxy groups -OCH3 is 4. The number of aromatic nitrogens is 3. The average Bonchev–Trinajstić information content (AvgIpc) is 3.26. The monoisotopic (exact) mass is 396 g/mol. The lowest BCUT2D eigenvalue weighted by Gasteiger charge is -2.32. The molecule has 2 aromatic carbocycles. The van der Waals surface area contributed by atoms with Crippen LogP contribution in [0.5, 0.6) is 23.0 Å². The van der Waals surface area contributed by atoms with Crippen LogP contribution in [0.25, 0.3) is 0 Å². The molecule has 4 rings (SSSR count). The van der Waals surface area contributed by atoms with Gasteiger partial charge in [0.05, 0.1) is 40.5 Å². The molecule has 1 N–H and O–H groups in total. The molecule has 29 heavy (non-hydrogen) atoms. The van der Waals surface area contributed by atoms with Gasteiger partial charge >= 0.3 is 0 Å². The lowest BCUT2D eigenvalue weighted by Crippen LogP contribution is -2.28. The summed E-state index contributed by atoms with van der Waals surface area (Å²) in [5.41, 5.74) is 2.16. The van der Waals surface area contributed by atoms with Gasteiger partial charge in [0.25, 0.3) is 0 Å². The first-order valence-corrected chi connectivity index (χ1v) is 9.28. The SMILES string of the molecule is COc1ccc(C2CC(c3cc(OC)c(OC)c(OC)c3)n3ncnc3N2)cc1. The highest BCUT2D eigenvalue weighted by atomic mass is 16.5. The Morgan fingerprint density at radius 3 is 2.17 bits per heavy atom. The van der Waals surface area contributed by atoms with E-state index in [9.17, 15) is 0 Å². The Morgan fingerprint density at radius 2 is 1.59 bits per heavy atom. The van der Waals surface area contributed by atoms with Gasteiger partial charge in [-0.05, 0) is 41.8 Å². The van der Waals surface area contributed by atoms with Gasteiger partial charge in [-0.3, -0.25) is 0 Å². The fourth-order valence-electron chi connectivity index (χ4n) is 3.75. The maximum atomic E-state index is 5.54. The maximum Gasteiger partial charge on any atom is 0.222 e. The Balaban J connectivity index is 1.75. The molecule has 0 amide bonds. The topological polar surface area (TPSA) is 79.7 Å². The van der Waals surface area contributed by atoms with E-state index in [1.54, 1.807) is 34.8 Å². The van der Waals surface area contributed by atoms with Crippen LogP contribution in [0.4, 0.5) is 5.95 Å². The van der Waals surface area contributed by atoms with Crippen molar-refractivity contribution in [2.24, 2.45) is 0 Å². The summed E-state index contributed by atoms with van der Waals surface area (Å²) in [6, 6.07) is 12.0. The zero-order chi connectivity index (χ0) is 20.4. The quantitative estimate of drug-likeness (QED) is 0.683. The molecule has 0 saturated carbocycles. The Morgan fingerprint density at radius 1 is 0.897 bits per heavy atom. The Kier molecular flexibility index (Phi) is 5.16.